The summed E-state index contributed by atoms with van der Waals surface area (Å²) in [6.07, 6.45) is 4.80. The van der Waals surface area contributed by atoms with Crippen LogP contribution in [-0.2, 0) is 0 Å². The summed E-state index contributed by atoms with van der Waals surface area (Å²) in [6.45, 7) is 8.81. The lowest BCUT2D eigenvalue weighted by Crippen LogP contribution is -2.53. The molecular formula is C21H29IN6. The minimum atomic E-state index is 0. The van der Waals surface area contributed by atoms with E-state index in [1.165, 1.54) is 17.5 Å². The summed E-state index contributed by atoms with van der Waals surface area (Å²) in [6, 6.07) is 11.1. The molecular weight excluding hydrogens is 463 g/mol. The SMILES string of the molecule is CCN=C(NC1CC1c1ccccc1C)N1CCN(c2ncccn2)CC1.I. The van der Waals surface area contributed by atoms with Gasteiger partial charge in [0.1, 0.15) is 0 Å². The summed E-state index contributed by atoms with van der Waals surface area (Å²) in [4.78, 5) is 18.1. The van der Waals surface area contributed by atoms with Crippen LogP contribution in [0.1, 0.15) is 30.4 Å². The Bertz CT molecular complexity index is 788. The van der Waals surface area contributed by atoms with E-state index in [4.69, 9.17) is 4.99 Å². The number of hydrogen-bond donors (Lipinski definition) is 1. The van der Waals surface area contributed by atoms with Gasteiger partial charge in [-0.3, -0.25) is 4.99 Å². The Kier molecular flexibility index (Phi) is 7.09. The average Bonchev–Trinajstić information content (AvgIpc) is 3.48. The van der Waals surface area contributed by atoms with E-state index in [9.17, 15) is 0 Å². The molecule has 150 valence electrons. The van der Waals surface area contributed by atoms with Gasteiger partial charge in [0.25, 0.3) is 0 Å². The van der Waals surface area contributed by atoms with Crippen molar-refractivity contribution in [3.8, 4) is 0 Å². The van der Waals surface area contributed by atoms with Gasteiger partial charge in [0, 0.05) is 57.1 Å². The smallest absolute Gasteiger partial charge is 0.225 e. The number of aryl methyl sites for hydroxylation is 1. The molecule has 1 N–H and O–H groups in total. The summed E-state index contributed by atoms with van der Waals surface area (Å²) < 4.78 is 0. The van der Waals surface area contributed by atoms with Gasteiger partial charge in [0.2, 0.25) is 5.95 Å². The van der Waals surface area contributed by atoms with Crippen LogP contribution >= 0.6 is 24.0 Å². The Morgan fingerprint density at radius 3 is 2.50 bits per heavy atom. The summed E-state index contributed by atoms with van der Waals surface area (Å²) in [5.41, 5.74) is 2.86. The van der Waals surface area contributed by atoms with Gasteiger partial charge in [-0.1, -0.05) is 24.3 Å². The first-order valence-electron chi connectivity index (χ1n) is 9.89. The fraction of sp³-hybridized carbons (Fsp3) is 0.476. The molecule has 0 amide bonds. The lowest BCUT2D eigenvalue weighted by Gasteiger charge is -2.36. The zero-order valence-corrected chi connectivity index (χ0v) is 18.9. The van der Waals surface area contributed by atoms with E-state index in [0.717, 1.165) is 44.6 Å². The number of rotatable bonds is 4. The van der Waals surface area contributed by atoms with Crippen molar-refractivity contribution >= 4 is 35.9 Å². The fourth-order valence-electron chi connectivity index (χ4n) is 3.83. The predicted molar refractivity (Wildman–Crippen MR) is 125 cm³/mol. The van der Waals surface area contributed by atoms with E-state index in [-0.39, 0.29) is 24.0 Å². The molecule has 4 rings (SSSR count). The van der Waals surface area contributed by atoms with Crippen molar-refractivity contribution < 1.29 is 0 Å². The van der Waals surface area contributed by atoms with Crippen LogP contribution in [0.3, 0.4) is 0 Å². The Morgan fingerprint density at radius 1 is 1.11 bits per heavy atom. The first-order valence-corrected chi connectivity index (χ1v) is 9.89. The largest absolute Gasteiger partial charge is 0.353 e. The van der Waals surface area contributed by atoms with E-state index in [1.54, 1.807) is 12.4 Å². The number of benzene rings is 1. The van der Waals surface area contributed by atoms with Crippen molar-refractivity contribution in [3.05, 3.63) is 53.9 Å². The van der Waals surface area contributed by atoms with E-state index in [0.29, 0.717) is 12.0 Å². The number of guanidine groups is 1. The van der Waals surface area contributed by atoms with Crippen molar-refractivity contribution in [2.75, 3.05) is 37.6 Å². The van der Waals surface area contributed by atoms with Gasteiger partial charge in [-0.2, -0.15) is 0 Å². The fourth-order valence-corrected chi connectivity index (χ4v) is 3.83. The highest BCUT2D eigenvalue weighted by atomic mass is 127. The molecule has 7 heteroatoms. The molecule has 2 aliphatic rings. The number of piperazine rings is 1. The van der Waals surface area contributed by atoms with Gasteiger partial charge in [-0.05, 0) is 37.5 Å². The molecule has 1 saturated heterocycles. The molecule has 2 fully saturated rings. The molecule has 1 aliphatic heterocycles. The Hall–Kier alpha value is -1.90. The maximum Gasteiger partial charge on any atom is 0.225 e. The monoisotopic (exact) mass is 492 g/mol. The molecule has 0 bridgehead atoms. The topological polar surface area (TPSA) is 56.7 Å². The minimum Gasteiger partial charge on any atom is -0.353 e. The Labute approximate surface area is 184 Å². The zero-order valence-electron chi connectivity index (χ0n) is 16.6. The molecule has 1 aliphatic carbocycles. The first kappa shape index (κ1) is 20.8. The highest BCUT2D eigenvalue weighted by molar-refractivity contribution is 14.0. The van der Waals surface area contributed by atoms with Crippen LogP contribution in [0, 0.1) is 6.92 Å². The molecule has 2 atom stereocenters. The molecule has 2 aromatic rings. The number of nitrogens with one attached hydrogen (secondary N) is 1. The van der Waals surface area contributed by atoms with Crippen molar-refractivity contribution in [2.45, 2.75) is 32.2 Å². The van der Waals surface area contributed by atoms with E-state index in [1.807, 2.05) is 6.07 Å². The number of halogens is 1. The van der Waals surface area contributed by atoms with Crippen molar-refractivity contribution in [1.29, 1.82) is 0 Å². The van der Waals surface area contributed by atoms with Crippen LogP contribution in [0.25, 0.3) is 0 Å². The summed E-state index contributed by atoms with van der Waals surface area (Å²) in [5.74, 6) is 2.47. The van der Waals surface area contributed by atoms with Gasteiger partial charge in [0.15, 0.2) is 5.96 Å². The third-order valence-corrected chi connectivity index (χ3v) is 5.41. The van der Waals surface area contributed by atoms with Gasteiger partial charge in [-0.15, -0.1) is 24.0 Å². The van der Waals surface area contributed by atoms with Crippen LogP contribution < -0.4 is 10.2 Å². The summed E-state index contributed by atoms with van der Waals surface area (Å²) in [5, 5.41) is 3.72. The number of nitrogens with zero attached hydrogens (tertiary/aromatic N) is 5. The number of aliphatic imine (C=N–C) groups is 1. The third-order valence-electron chi connectivity index (χ3n) is 5.41. The van der Waals surface area contributed by atoms with Crippen LogP contribution in [0.15, 0.2) is 47.7 Å². The van der Waals surface area contributed by atoms with E-state index in [2.05, 4.69) is 63.2 Å². The molecule has 0 spiro atoms. The van der Waals surface area contributed by atoms with Gasteiger partial charge in [0.05, 0.1) is 0 Å². The van der Waals surface area contributed by atoms with Crippen LogP contribution in [0.2, 0.25) is 0 Å². The van der Waals surface area contributed by atoms with Crippen LogP contribution in [0.5, 0.6) is 0 Å². The quantitative estimate of drug-likeness (QED) is 0.404. The molecule has 1 aromatic heterocycles. The summed E-state index contributed by atoms with van der Waals surface area (Å²) >= 11 is 0. The first-order chi connectivity index (χ1) is 13.3. The minimum absolute atomic E-state index is 0. The average molecular weight is 492 g/mol. The second kappa shape index (κ2) is 9.54. The third kappa shape index (κ3) is 4.74. The number of aromatic nitrogens is 2. The Morgan fingerprint density at radius 2 is 1.82 bits per heavy atom. The molecule has 2 unspecified atom stereocenters. The second-order valence-electron chi connectivity index (χ2n) is 7.27. The van der Waals surface area contributed by atoms with Crippen molar-refractivity contribution in [2.24, 2.45) is 4.99 Å². The van der Waals surface area contributed by atoms with Gasteiger partial charge < -0.3 is 15.1 Å². The highest BCUT2D eigenvalue weighted by Crippen LogP contribution is 2.42. The predicted octanol–water partition coefficient (Wildman–Crippen LogP) is 3.05. The second-order valence-corrected chi connectivity index (χ2v) is 7.27. The number of hydrogen-bond acceptors (Lipinski definition) is 4. The Balaban J connectivity index is 0.00000225. The maximum atomic E-state index is 4.76. The molecule has 1 aromatic carbocycles. The normalized spacial score (nSPS) is 21.9. The lowest BCUT2D eigenvalue weighted by atomic mass is 10.0. The lowest BCUT2D eigenvalue weighted by molar-refractivity contribution is 0.369. The molecule has 1 saturated carbocycles. The molecule has 0 radical (unpaired) electrons. The molecule has 28 heavy (non-hydrogen) atoms. The highest BCUT2D eigenvalue weighted by Gasteiger charge is 2.40. The van der Waals surface area contributed by atoms with Crippen molar-refractivity contribution in [1.82, 2.24) is 20.2 Å². The van der Waals surface area contributed by atoms with Crippen molar-refractivity contribution in [3.63, 3.8) is 0 Å². The van der Waals surface area contributed by atoms with Gasteiger partial charge >= 0.3 is 0 Å². The summed E-state index contributed by atoms with van der Waals surface area (Å²) in [7, 11) is 0. The van der Waals surface area contributed by atoms with Crippen LogP contribution in [-0.4, -0.2) is 59.6 Å². The zero-order chi connectivity index (χ0) is 18.6. The maximum absolute atomic E-state index is 4.76. The van der Waals surface area contributed by atoms with E-state index >= 15 is 0 Å². The van der Waals surface area contributed by atoms with Gasteiger partial charge in [-0.25, -0.2) is 9.97 Å². The standard InChI is InChI=1S/C21H28N6.HI/c1-3-22-21(25-19-15-18(19)17-8-5-4-7-16(17)2)27-13-11-26(12-14-27)20-23-9-6-10-24-20;/h4-10,18-19H,3,11-15H2,1-2H3,(H,22,25);1H. The molecule has 2 heterocycles. The molecule has 6 nitrogen and oxygen atoms in total. The van der Waals surface area contributed by atoms with E-state index < -0.39 is 0 Å². The van der Waals surface area contributed by atoms with Crippen LogP contribution in [0.4, 0.5) is 5.95 Å². The number of anilines is 1.